The van der Waals surface area contributed by atoms with Crippen molar-refractivity contribution >= 4 is 11.6 Å². The maximum atomic E-state index is 16.2. The first kappa shape index (κ1) is 49.8. The summed E-state index contributed by atoms with van der Waals surface area (Å²) in [5.74, 6) is 0.210. The fourth-order valence-corrected chi connectivity index (χ4v) is 9.64. The summed E-state index contributed by atoms with van der Waals surface area (Å²) in [6.07, 6.45) is 0. The van der Waals surface area contributed by atoms with Gasteiger partial charge in [-0.05, 0) is 93.2 Å². The number of rotatable bonds is 6. The van der Waals surface area contributed by atoms with Gasteiger partial charge in [-0.3, -0.25) is 9.59 Å². The van der Waals surface area contributed by atoms with Gasteiger partial charge in [-0.15, -0.1) is 0 Å². The predicted octanol–water partition coefficient (Wildman–Crippen LogP) is 14.7. The van der Waals surface area contributed by atoms with E-state index in [4.69, 9.17) is 18.9 Å². The van der Waals surface area contributed by atoms with Gasteiger partial charge in [0.05, 0.1) is 50.7 Å². The number of hydrogen-bond acceptors (Lipinski definition) is 6. The van der Waals surface area contributed by atoms with E-state index < -0.39 is 33.5 Å². The minimum Gasteiger partial charge on any atom is -0.496 e. The van der Waals surface area contributed by atoms with Crippen molar-refractivity contribution in [1.29, 1.82) is 0 Å². The fourth-order valence-electron chi connectivity index (χ4n) is 9.64. The van der Waals surface area contributed by atoms with Crippen LogP contribution in [0.4, 0.5) is 0 Å². The molecule has 0 heterocycles. The number of hydrogen-bond donors (Lipinski definition) is 0. The molecule has 8 bridgehead atoms. The van der Waals surface area contributed by atoms with Crippen molar-refractivity contribution < 1.29 is 28.5 Å². The number of benzene rings is 6. The SMILES string of the molecule is COc1c2cc(C(C)(C)C)cc1C(c1ccc(C)cc1)c1cc(C(C)(C)C)cc(c1OC)C(=O)c1cc(C(C)(C)C)cc(c1OC)C(c1ccc(C)cc1)c1cc(C(C)(C)C)cc(c1OC)C2=O. The summed E-state index contributed by atoms with van der Waals surface area (Å²) in [7, 11) is 6.56. The van der Waals surface area contributed by atoms with E-state index in [1.807, 2.05) is 24.3 Å². The van der Waals surface area contributed by atoms with Gasteiger partial charge in [-0.2, -0.15) is 0 Å². The second-order valence-corrected chi connectivity index (χ2v) is 22.9. The van der Waals surface area contributed by atoms with E-state index in [0.29, 0.717) is 45.3 Å². The van der Waals surface area contributed by atoms with E-state index >= 15 is 9.59 Å². The number of carbonyl (C=O) groups is 2. The number of carbonyl (C=O) groups excluding carboxylic acids is 2. The lowest BCUT2D eigenvalue weighted by Gasteiger charge is -2.32. The third kappa shape index (κ3) is 9.23. The number of ketones is 2. The molecule has 6 nitrogen and oxygen atoms in total. The Morgan fingerprint density at radius 3 is 0.721 bits per heavy atom. The molecule has 0 N–H and O–H groups in total. The zero-order valence-corrected chi connectivity index (χ0v) is 43.8. The molecule has 0 saturated heterocycles. The number of methoxy groups -OCH3 is 4. The molecule has 0 amide bonds. The smallest absolute Gasteiger partial charge is 0.200 e. The summed E-state index contributed by atoms with van der Waals surface area (Å²) in [6, 6.07) is 33.6. The number of aryl methyl sites for hydroxylation is 2. The molecule has 0 atom stereocenters. The molecule has 0 saturated carbocycles. The van der Waals surface area contributed by atoms with Crippen LogP contribution in [-0.4, -0.2) is 40.0 Å². The molecule has 1 aliphatic carbocycles. The number of ether oxygens (including phenoxy) is 4. The lowest BCUT2D eigenvalue weighted by molar-refractivity contribution is 0.102. The van der Waals surface area contributed by atoms with Crippen LogP contribution in [-0.2, 0) is 21.7 Å². The summed E-state index contributed by atoms with van der Waals surface area (Å²) in [5.41, 5.74) is 11.1. The van der Waals surface area contributed by atoms with Crippen LogP contribution in [0.25, 0.3) is 0 Å². The summed E-state index contributed by atoms with van der Waals surface area (Å²) in [6.45, 7) is 30.1. The molecule has 0 aliphatic heterocycles. The fraction of sp³-hybridized carbons (Fsp3) is 0.387. The molecular formula is C62H72O6. The molecule has 0 unspecified atom stereocenters. The van der Waals surface area contributed by atoms with Crippen molar-refractivity contribution in [3.63, 3.8) is 0 Å². The van der Waals surface area contributed by atoms with Crippen LogP contribution >= 0.6 is 0 Å². The van der Waals surface area contributed by atoms with Crippen LogP contribution in [0.2, 0.25) is 0 Å². The van der Waals surface area contributed by atoms with Gasteiger partial charge in [-0.1, -0.05) is 167 Å². The molecule has 1 aliphatic rings. The minimum atomic E-state index is -0.557. The Morgan fingerprint density at radius 1 is 0.338 bits per heavy atom. The van der Waals surface area contributed by atoms with Crippen LogP contribution < -0.4 is 18.9 Å². The largest absolute Gasteiger partial charge is 0.496 e. The van der Waals surface area contributed by atoms with E-state index in [9.17, 15) is 0 Å². The molecule has 6 aromatic rings. The predicted molar refractivity (Wildman–Crippen MR) is 278 cm³/mol. The first-order valence-corrected chi connectivity index (χ1v) is 23.9. The van der Waals surface area contributed by atoms with E-state index in [1.54, 1.807) is 28.4 Å². The maximum Gasteiger partial charge on any atom is 0.200 e. The second kappa shape index (κ2) is 18.1. The molecule has 68 heavy (non-hydrogen) atoms. The Kier molecular flexibility index (Phi) is 13.2. The maximum absolute atomic E-state index is 16.2. The number of fused-ring (bicyclic) bond motifs is 8. The van der Waals surface area contributed by atoms with Gasteiger partial charge >= 0.3 is 0 Å². The quantitative estimate of drug-likeness (QED) is 0.166. The van der Waals surface area contributed by atoms with Crippen molar-refractivity contribution in [2.24, 2.45) is 0 Å². The summed E-state index contributed by atoms with van der Waals surface area (Å²) in [4.78, 5) is 32.4. The third-order valence-electron chi connectivity index (χ3n) is 13.8. The highest BCUT2D eigenvalue weighted by atomic mass is 16.5. The van der Waals surface area contributed by atoms with Gasteiger partial charge in [0.2, 0.25) is 11.6 Å². The summed E-state index contributed by atoms with van der Waals surface area (Å²) < 4.78 is 26.3. The molecule has 0 radical (unpaired) electrons. The van der Waals surface area contributed by atoms with Gasteiger partial charge in [-0.25, -0.2) is 0 Å². The minimum absolute atomic E-state index is 0.224. The summed E-state index contributed by atoms with van der Waals surface area (Å²) >= 11 is 0. The highest BCUT2D eigenvalue weighted by Gasteiger charge is 2.38. The molecular weight excluding hydrogens is 841 g/mol. The Morgan fingerprint density at radius 2 is 0.544 bits per heavy atom. The average Bonchev–Trinajstić information content (AvgIpc) is 3.27. The van der Waals surface area contributed by atoms with Gasteiger partial charge in [0, 0.05) is 34.1 Å². The van der Waals surface area contributed by atoms with E-state index in [1.165, 1.54) is 0 Å². The molecule has 0 spiro atoms. The van der Waals surface area contributed by atoms with Crippen LogP contribution in [0.15, 0.2) is 97.1 Å². The van der Waals surface area contributed by atoms with Gasteiger partial charge in [0.15, 0.2) is 0 Å². The van der Waals surface area contributed by atoms with Crippen LogP contribution in [0.3, 0.4) is 0 Å². The second-order valence-electron chi connectivity index (χ2n) is 22.9. The Labute approximate surface area is 406 Å². The van der Waals surface area contributed by atoms with Gasteiger partial charge in [0.25, 0.3) is 0 Å². The molecule has 0 aromatic heterocycles. The van der Waals surface area contributed by atoms with Crippen molar-refractivity contribution in [3.8, 4) is 23.0 Å². The highest BCUT2D eigenvalue weighted by Crippen LogP contribution is 2.51. The zero-order chi connectivity index (χ0) is 50.0. The molecule has 6 heteroatoms. The third-order valence-corrected chi connectivity index (χ3v) is 13.8. The van der Waals surface area contributed by atoms with Crippen molar-refractivity contribution in [2.45, 2.75) is 130 Å². The van der Waals surface area contributed by atoms with Gasteiger partial charge < -0.3 is 18.9 Å². The lowest BCUT2D eigenvalue weighted by Crippen LogP contribution is -2.22. The van der Waals surface area contributed by atoms with Crippen molar-refractivity contribution in [2.75, 3.05) is 28.4 Å². The van der Waals surface area contributed by atoms with Crippen LogP contribution in [0.1, 0.15) is 194 Å². The highest BCUT2D eigenvalue weighted by molar-refractivity contribution is 6.14. The zero-order valence-electron chi connectivity index (χ0n) is 43.8. The lowest BCUT2D eigenvalue weighted by atomic mass is 9.73. The molecule has 7 rings (SSSR count). The molecule has 356 valence electrons. The first-order valence-electron chi connectivity index (χ1n) is 23.9. The van der Waals surface area contributed by atoms with E-state index in [-0.39, 0.29) is 11.6 Å². The standard InChI is InChI=1S/C62H72O6/c1-35-19-23-37(24-20-35)51-43-27-39(59(3,4)5)31-47(55(43)65-15)53(63)49-33-41(61(9,10)11)29-45(57(49)67-17)52(38-25-21-36(2)22-26-38)46-30-42(62(12,13)14)34-50(58(46)68-18)54(64)48-32-40(60(6,7)8)28-44(51)56(48)66-16/h19-34,51-52H,1-18H3. The topological polar surface area (TPSA) is 71.1 Å². The van der Waals surface area contributed by atoms with Crippen LogP contribution in [0.5, 0.6) is 23.0 Å². The van der Waals surface area contributed by atoms with Crippen molar-refractivity contribution in [3.05, 3.63) is 186 Å². The molecule has 0 fully saturated rings. The molecule has 6 aromatic carbocycles. The van der Waals surface area contributed by atoms with E-state index in [2.05, 4.69) is 170 Å². The van der Waals surface area contributed by atoms with Gasteiger partial charge in [0.1, 0.15) is 23.0 Å². The van der Waals surface area contributed by atoms with Crippen LogP contribution in [0, 0.1) is 13.8 Å². The van der Waals surface area contributed by atoms with E-state index in [0.717, 1.165) is 66.8 Å². The average molecular weight is 913 g/mol. The Hall–Kier alpha value is -6.14. The van der Waals surface area contributed by atoms with Crippen molar-refractivity contribution in [1.82, 2.24) is 0 Å². The Bertz CT molecular complexity index is 2550. The monoisotopic (exact) mass is 913 g/mol. The summed E-state index contributed by atoms with van der Waals surface area (Å²) in [5, 5.41) is 0. The normalized spacial score (nSPS) is 15.6. The Balaban J connectivity index is 1.83. The first-order chi connectivity index (χ1) is 31.7.